The van der Waals surface area contributed by atoms with Crippen molar-refractivity contribution >= 4 is 23.0 Å². The van der Waals surface area contributed by atoms with Crippen molar-refractivity contribution in [1.29, 1.82) is 0 Å². The predicted molar refractivity (Wildman–Crippen MR) is 78.0 cm³/mol. The van der Waals surface area contributed by atoms with Crippen LogP contribution in [0.25, 0.3) is 0 Å². The van der Waals surface area contributed by atoms with Gasteiger partial charge in [0.25, 0.3) is 5.69 Å². The fraction of sp³-hybridized carbons (Fsp3) is 0.143. The number of nitrogens with zero attached hydrogens (tertiary/aromatic N) is 1. The molecular weight excluding hydrogens is 280 g/mol. The highest BCUT2D eigenvalue weighted by Crippen LogP contribution is 2.27. The zero-order valence-electron chi connectivity index (χ0n) is 10.8. The lowest BCUT2D eigenvalue weighted by Gasteiger charge is -2.11. The summed E-state index contributed by atoms with van der Waals surface area (Å²) in [6.45, 7) is 2.04. The molecule has 0 aliphatic rings. The molecule has 0 aromatic heterocycles. The lowest BCUT2D eigenvalue weighted by atomic mass is 10.1. The molecule has 0 radical (unpaired) electrons. The minimum Gasteiger partial charge on any atom is -0.489 e. The summed E-state index contributed by atoms with van der Waals surface area (Å²) < 4.78 is 5.63. The van der Waals surface area contributed by atoms with E-state index in [0.717, 1.165) is 5.56 Å². The van der Waals surface area contributed by atoms with E-state index in [1.54, 1.807) is 30.3 Å². The van der Waals surface area contributed by atoms with E-state index in [0.29, 0.717) is 16.3 Å². The Balaban J connectivity index is 2.19. The van der Waals surface area contributed by atoms with E-state index in [1.165, 1.54) is 6.07 Å². The highest BCUT2D eigenvalue weighted by Gasteiger charge is 2.14. The van der Waals surface area contributed by atoms with Crippen LogP contribution in [-0.4, -0.2) is 4.92 Å². The van der Waals surface area contributed by atoms with Crippen LogP contribution in [0, 0.1) is 17.0 Å². The van der Waals surface area contributed by atoms with Gasteiger partial charge in [0.15, 0.2) is 0 Å². The summed E-state index contributed by atoms with van der Waals surface area (Å²) in [7, 11) is 0. The van der Waals surface area contributed by atoms with Crippen molar-refractivity contribution in [3.8, 4) is 5.75 Å². The molecule has 0 spiro atoms. The van der Waals surface area contributed by atoms with E-state index < -0.39 is 4.92 Å². The third-order valence-corrected chi connectivity index (χ3v) is 3.13. The van der Waals surface area contributed by atoms with Crippen molar-refractivity contribution in [2.75, 3.05) is 5.73 Å². The van der Waals surface area contributed by atoms with Gasteiger partial charge >= 0.3 is 0 Å². The number of hydrogen-bond donors (Lipinski definition) is 1. The number of nitrogen functional groups attached to an aromatic ring is 1. The van der Waals surface area contributed by atoms with Crippen LogP contribution in [-0.2, 0) is 6.61 Å². The fourth-order valence-electron chi connectivity index (χ4n) is 1.81. The Morgan fingerprint density at radius 1 is 1.35 bits per heavy atom. The van der Waals surface area contributed by atoms with Gasteiger partial charge in [-0.2, -0.15) is 0 Å². The number of nitro groups is 1. The van der Waals surface area contributed by atoms with Crippen LogP contribution in [0.5, 0.6) is 5.75 Å². The molecule has 2 N–H and O–H groups in total. The first-order valence-corrected chi connectivity index (χ1v) is 6.27. The lowest BCUT2D eigenvalue weighted by Crippen LogP contribution is -2.04. The number of halogens is 1. The Morgan fingerprint density at radius 3 is 2.75 bits per heavy atom. The zero-order chi connectivity index (χ0) is 14.7. The number of hydrogen-bond acceptors (Lipinski definition) is 4. The topological polar surface area (TPSA) is 78.4 Å². The maximum absolute atomic E-state index is 10.8. The highest BCUT2D eigenvalue weighted by molar-refractivity contribution is 6.30. The number of nitrogens with two attached hydrogens (primary N) is 1. The average Bonchev–Trinajstić information content (AvgIpc) is 2.39. The second-order valence-electron chi connectivity index (χ2n) is 4.31. The third-order valence-electron chi connectivity index (χ3n) is 2.89. The molecule has 0 aliphatic carbocycles. The number of ether oxygens (including phenoxy) is 1. The van der Waals surface area contributed by atoms with Crippen LogP contribution in [0.1, 0.15) is 11.1 Å². The molecular formula is C14H13ClN2O3. The summed E-state index contributed by atoms with van der Waals surface area (Å²) in [5.74, 6) is 0.667. The summed E-state index contributed by atoms with van der Waals surface area (Å²) >= 11 is 5.86. The Kier molecular flexibility index (Phi) is 4.10. The number of benzene rings is 2. The van der Waals surface area contributed by atoms with Gasteiger partial charge < -0.3 is 10.5 Å². The molecule has 2 rings (SSSR count). The Labute approximate surface area is 121 Å². The van der Waals surface area contributed by atoms with Crippen molar-refractivity contribution in [2.24, 2.45) is 0 Å². The molecule has 0 saturated carbocycles. The molecule has 0 heterocycles. The van der Waals surface area contributed by atoms with Gasteiger partial charge in [-0.05, 0) is 30.7 Å². The van der Waals surface area contributed by atoms with Crippen molar-refractivity contribution in [2.45, 2.75) is 13.5 Å². The average molecular weight is 293 g/mol. The summed E-state index contributed by atoms with van der Waals surface area (Å²) in [6, 6.07) is 9.92. The van der Waals surface area contributed by atoms with Crippen molar-refractivity contribution < 1.29 is 9.66 Å². The molecule has 2 aromatic rings. The number of aryl methyl sites for hydroxylation is 1. The summed E-state index contributed by atoms with van der Waals surface area (Å²) in [5.41, 5.74) is 7.25. The molecule has 0 saturated heterocycles. The fourth-order valence-corrected chi connectivity index (χ4v) is 2.04. The van der Waals surface area contributed by atoms with Gasteiger partial charge in [0.1, 0.15) is 18.0 Å². The molecule has 0 bridgehead atoms. The second kappa shape index (κ2) is 5.79. The number of anilines is 1. The van der Waals surface area contributed by atoms with Crippen LogP contribution in [0.2, 0.25) is 5.02 Å². The van der Waals surface area contributed by atoms with Crippen molar-refractivity contribution in [1.82, 2.24) is 0 Å². The van der Waals surface area contributed by atoms with Gasteiger partial charge in [-0.3, -0.25) is 10.1 Å². The van der Waals surface area contributed by atoms with Crippen LogP contribution in [0.15, 0.2) is 36.4 Å². The predicted octanol–water partition coefficient (Wildman–Crippen LogP) is 3.72. The second-order valence-corrected chi connectivity index (χ2v) is 4.74. The molecule has 0 atom stereocenters. The number of para-hydroxylation sites is 1. The Bertz CT molecular complexity index is 659. The quantitative estimate of drug-likeness (QED) is 0.529. The van der Waals surface area contributed by atoms with Crippen LogP contribution < -0.4 is 10.5 Å². The molecule has 0 fully saturated rings. The number of nitro benzene ring substituents is 1. The third kappa shape index (κ3) is 3.00. The Hall–Kier alpha value is -2.27. The van der Waals surface area contributed by atoms with Gasteiger partial charge in [-0.25, -0.2) is 0 Å². The molecule has 0 unspecified atom stereocenters. The SMILES string of the molecule is Cc1cc(Cl)ccc1OCc1cccc([N+](=O)[O-])c1N. The highest BCUT2D eigenvalue weighted by atomic mass is 35.5. The Morgan fingerprint density at radius 2 is 2.10 bits per heavy atom. The van der Waals surface area contributed by atoms with E-state index >= 15 is 0 Å². The van der Waals surface area contributed by atoms with E-state index in [-0.39, 0.29) is 18.0 Å². The van der Waals surface area contributed by atoms with E-state index in [1.807, 2.05) is 6.92 Å². The molecule has 0 amide bonds. The maximum atomic E-state index is 10.8. The molecule has 6 heteroatoms. The molecule has 5 nitrogen and oxygen atoms in total. The summed E-state index contributed by atoms with van der Waals surface area (Å²) in [4.78, 5) is 10.3. The van der Waals surface area contributed by atoms with Crippen LogP contribution >= 0.6 is 11.6 Å². The molecule has 0 aliphatic heterocycles. The summed E-state index contributed by atoms with van der Waals surface area (Å²) in [5, 5.41) is 11.4. The van der Waals surface area contributed by atoms with Crippen LogP contribution in [0.4, 0.5) is 11.4 Å². The normalized spacial score (nSPS) is 10.3. The number of rotatable bonds is 4. The largest absolute Gasteiger partial charge is 0.489 e. The first-order chi connectivity index (χ1) is 9.49. The van der Waals surface area contributed by atoms with E-state index in [4.69, 9.17) is 22.1 Å². The molecule has 20 heavy (non-hydrogen) atoms. The monoisotopic (exact) mass is 292 g/mol. The van der Waals surface area contributed by atoms with Gasteiger partial charge in [0.2, 0.25) is 0 Å². The molecule has 104 valence electrons. The summed E-state index contributed by atoms with van der Waals surface area (Å²) in [6.07, 6.45) is 0. The van der Waals surface area contributed by atoms with Crippen molar-refractivity contribution in [3.63, 3.8) is 0 Å². The van der Waals surface area contributed by atoms with Gasteiger partial charge in [-0.15, -0.1) is 0 Å². The van der Waals surface area contributed by atoms with Gasteiger partial charge in [-0.1, -0.05) is 23.7 Å². The standard InChI is InChI=1S/C14H13ClN2O3/c1-9-7-11(15)5-6-13(9)20-8-10-3-2-4-12(14(10)16)17(18)19/h2-7H,8,16H2,1H3. The van der Waals surface area contributed by atoms with E-state index in [9.17, 15) is 10.1 Å². The zero-order valence-corrected chi connectivity index (χ0v) is 11.6. The van der Waals surface area contributed by atoms with Gasteiger partial charge in [0.05, 0.1) is 4.92 Å². The van der Waals surface area contributed by atoms with Crippen LogP contribution in [0.3, 0.4) is 0 Å². The molecule has 2 aromatic carbocycles. The smallest absolute Gasteiger partial charge is 0.292 e. The lowest BCUT2D eigenvalue weighted by molar-refractivity contribution is -0.384. The minimum atomic E-state index is -0.508. The van der Waals surface area contributed by atoms with Crippen molar-refractivity contribution in [3.05, 3.63) is 62.7 Å². The first-order valence-electron chi connectivity index (χ1n) is 5.89. The first kappa shape index (κ1) is 14.1. The van der Waals surface area contributed by atoms with Gasteiger partial charge in [0, 0.05) is 16.7 Å². The van der Waals surface area contributed by atoms with E-state index in [2.05, 4.69) is 0 Å². The minimum absolute atomic E-state index is 0.112. The maximum Gasteiger partial charge on any atom is 0.292 e.